The van der Waals surface area contributed by atoms with E-state index in [0.717, 1.165) is 0 Å². The summed E-state index contributed by atoms with van der Waals surface area (Å²) in [4.78, 5) is 0. The number of aromatic amines is 1. The molecule has 2 rings (SSSR count). The van der Waals surface area contributed by atoms with E-state index < -0.39 is 0 Å². The van der Waals surface area contributed by atoms with Gasteiger partial charge in [0.25, 0.3) is 0 Å². The van der Waals surface area contributed by atoms with Gasteiger partial charge in [-0.1, -0.05) is 0 Å². The fourth-order valence-electron chi connectivity index (χ4n) is 1.34. The summed E-state index contributed by atoms with van der Waals surface area (Å²) in [5, 5.41) is 23.5. The van der Waals surface area contributed by atoms with Crippen molar-refractivity contribution in [3.63, 3.8) is 0 Å². The van der Waals surface area contributed by atoms with Crippen LogP contribution in [-0.2, 0) is 6.61 Å². The van der Waals surface area contributed by atoms with Crippen LogP contribution in [0.2, 0.25) is 0 Å². The number of hydrogen-bond acceptors (Lipinski definition) is 6. The molecular formula is C10H12N6O. The average molecular weight is 232 g/mol. The Morgan fingerprint density at radius 1 is 1.24 bits per heavy atom. The SMILES string of the molecule is Nc1ccc(N=Nc2ccn[nH]2)c(CO)c1N. The van der Waals surface area contributed by atoms with Gasteiger partial charge in [0.05, 0.1) is 29.9 Å². The molecule has 0 atom stereocenters. The molecule has 2 aromatic rings. The Balaban J connectivity index is 2.36. The van der Waals surface area contributed by atoms with Gasteiger partial charge in [-0.3, -0.25) is 5.10 Å². The second-order valence-corrected chi connectivity index (χ2v) is 3.37. The summed E-state index contributed by atoms with van der Waals surface area (Å²) < 4.78 is 0. The smallest absolute Gasteiger partial charge is 0.170 e. The topological polar surface area (TPSA) is 126 Å². The van der Waals surface area contributed by atoms with E-state index >= 15 is 0 Å². The molecule has 88 valence electrons. The first kappa shape index (κ1) is 11.1. The molecule has 0 fully saturated rings. The minimum Gasteiger partial charge on any atom is -0.397 e. The van der Waals surface area contributed by atoms with E-state index in [-0.39, 0.29) is 6.61 Å². The molecule has 0 aliphatic rings. The highest BCUT2D eigenvalue weighted by atomic mass is 16.3. The van der Waals surface area contributed by atoms with Crippen LogP contribution >= 0.6 is 0 Å². The van der Waals surface area contributed by atoms with Gasteiger partial charge in [-0.05, 0) is 12.1 Å². The van der Waals surface area contributed by atoms with Crippen molar-refractivity contribution in [1.82, 2.24) is 10.2 Å². The molecule has 17 heavy (non-hydrogen) atoms. The second kappa shape index (κ2) is 4.62. The second-order valence-electron chi connectivity index (χ2n) is 3.37. The van der Waals surface area contributed by atoms with E-state index in [1.807, 2.05) is 0 Å². The van der Waals surface area contributed by atoms with Gasteiger partial charge < -0.3 is 16.6 Å². The molecule has 1 aromatic carbocycles. The lowest BCUT2D eigenvalue weighted by molar-refractivity contribution is 0.283. The molecule has 0 saturated heterocycles. The van der Waals surface area contributed by atoms with Gasteiger partial charge in [0, 0.05) is 11.6 Å². The van der Waals surface area contributed by atoms with Gasteiger partial charge in [0.1, 0.15) is 0 Å². The monoisotopic (exact) mass is 232 g/mol. The third-order valence-electron chi connectivity index (χ3n) is 2.28. The molecule has 0 amide bonds. The van der Waals surface area contributed by atoms with Gasteiger partial charge in [-0.15, -0.1) is 10.2 Å². The minimum atomic E-state index is -0.242. The van der Waals surface area contributed by atoms with Crippen LogP contribution in [0.4, 0.5) is 22.9 Å². The van der Waals surface area contributed by atoms with Crippen LogP contribution in [-0.4, -0.2) is 15.3 Å². The predicted octanol–water partition coefficient (Wildman–Crippen LogP) is 1.48. The van der Waals surface area contributed by atoms with Crippen molar-refractivity contribution in [1.29, 1.82) is 0 Å². The third kappa shape index (κ3) is 2.23. The Bertz CT molecular complexity index is 534. The lowest BCUT2D eigenvalue weighted by Gasteiger charge is -2.07. The first-order chi connectivity index (χ1) is 8.22. The average Bonchev–Trinajstić information content (AvgIpc) is 2.83. The van der Waals surface area contributed by atoms with Gasteiger partial charge in [0.15, 0.2) is 5.82 Å². The Kier molecular flexibility index (Phi) is 3.01. The first-order valence-corrected chi connectivity index (χ1v) is 4.91. The number of azo groups is 1. The quantitative estimate of drug-likeness (QED) is 0.472. The number of aliphatic hydroxyl groups excluding tert-OH is 1. The van der Waals surface area contributed by atoms with Gasteiger partial charge in [-0.2, -0.15) is 5.10 Å². The number of aromatic nitrogens is 2. The maximum Gasteiger partial charge on any atom is 0.170 e. The van der Waals surface area contributed by atoms with Gasteiger partial charge in [0.2, 0.25) is 0 Å². The zero-order valence-electron chi connectivity index (χ0n) is 8.96. The van der Waals surface area contributed by atoms with Crippen molar-refractivity contribution in [3.8, 4) is 0 Å². The van der Waals surface area contributed by atoms with Crippen LogP contribution in [0.3, 0.4) is 0 Å². The number of nitrogen functional groups attached to an aromatic ring is 2. The summed E-state index contributed by atoms with van der Waals surface area (Å²) >= 11 is 0. The fraction of sp³-hybridized carbons (Fsp3) is 0.100. The third-order valence-corrected chi connectivity index (χ3v) is 2.28. The van der Waals surface area contributed by atoms with E-state index in [2.05, 4.69) is 20.4 Å². The standard InChI is InChI=1S/C10H12N6O/c11-7-1-2-8(6(5-17)10(7)12)14-16-9-3-4-13-15-9/h1-4,17H,5,11-12H2,(H,13,15). The number of rotatable bonds is 3. The number of H-pyrrole nitrogens is 1. The van der Waals surface area contributed by atoms with Crippen molar-refractivity contribution >= 4 is 22.9 Å². The van der Waals surface area contributed by atoms with Crippen molar-refractivity contribution in [2.75, 3.05) is 11.5 Å². The lowest BCUT2D eigenvalue weighted by Crippen LogP contribution is -1.99. The Morgan fingerprint density at radius 2 is 2.06 bits per heavy atom. The highest BCUT2D eigenvalue weighted by Crippen LogP contribution is 2.30. The molecule has 0 radical (unpaired) electrons. The zero-order chi connectivity index (χ0) is 12.3. The highest BCUT2D eigenvalue weighted by molar-refractivity contribution is 5.73. The van der Waals surface area contributed by atoms with Crippen LogP contribution in [0.1, 0.15) is 5.56 Å². The van der Waals surface area contributed by atoms with Gasteiger partial charge >= 0.3 is 0 Å². The number of hydrogen-bond donors (Lipinski definition) is 4. The molecule has 0 aliphatic carbocycles. The molecule has 0 bridgehead atoms. The lowest BCUT2D eigenvalue weighted by atomic mass is 10.1. The Labute approximate surface area is 97.2 Å². The molecule has 6 N–H and O–H groups in total. The molecule has 0 saturated carbocycles. The number of nitrogens with zero attached hydrogens (tertiary/aromatic N) is 3. The van der Waals surface area contributed by atoms with E-state index in [4.69, 9.17) is 11.5 Å². The van der Waals surface area contributed by atoms with Crippen molar-refractivity contribution in [3.05, 3.63) is 30.0 Å². The number of anilines is 2. The van der Waals surface area contributed by atoms with Crippen LogP contribution in [0.15, 0.2) is 34.6 Å². The molecule has 0 unspecified atom stereocenters. The summed E-state index contributed by atoms with van der Waals surface area (Å²) in [6, 6.07) is 4.94. The van der Waals surface area contributed by atoms with E-state index in [1.54, 1.807) is 24.4 Å². The van der Waals surface area contributed by atoms with Crippen LogP contribution < -0.4 is 11.5 Å². The Morgan fingerprint density at radius 3 is 2.71 bits per heavy atom. The molecule has 7 heteroatoms. The zero-order valence-corrected chi connectivity index (χ0v) is 8.96. The summed E-state index contributed by atoms with van der Waals surface area (Å²) in [5.74, 6) is 0.518. The number of nitrogens with one attached hydrogen (secondary N) is 1. The van der Waals surface area contributed by atoms with Gasteiger partial charge in [-0.25, -0.2) is 0 Å². The molecule has 1 heterocycles. The van der Waals surface area contributed by atoms with E-state index in [9.17, 15) is 5.11 Å². The van der Waals surface area contributed by atoms with Crippen molar-refractivity contribution in [2.45, 2.75) is 6.61 Å². The van der Waals surface area contributed by atoms with Crippen LogP contribution in [0.25, 0.3) is 0 Å². The van der Waals surface area contributed by atoms with E-state index in [1.165, 1.54) is 0 Å². The largest absolute Gasteiger partial charge is 0.397 e. The number of nitrogens with two attached hydrogens (primary N) is 2. The van der Waals surface area contributed by atoms with Crippen molar-refractivity contribution in [2.24, 2.45) is 10.2 Å². The highest BCUT2D eigenvalue weighted by Gasteiger charge is 2.07. The minimum absolute atomic E-state index is 0.242. The summed E-state index contributed by atoms with van der Waals surface area (Å²) in [6.45, 7) is -0.242. The maximum atomic E-state index is 9.22. The van der Waals surface area contributed by atoms with E-state index in [0.29, 0.717) is 28.4 Å². The predicted molar refractivity (Wildman–Crippen MR) is 64.0 cm³/mol. The fourth-order valence-corrected chi connectivity index (χ4v) is 1.34. The van der Waals surface area contributed by atoms with Crippen LogP contribution in [0, 0.1) is 0 Å². The molecule has 7 nitrogen and oxygen atoms in total. The number of benzene rings is 1. The molecule has 1 aromatic heterocycles. The molecular weight excluding hydrogens is 220 g/mol. The Hall–Kier alpha value is -2.41. The van der Waals surface area contributed by atoms with Crippen molar-refractivity contribution < 1.29 is 5.11 Å². The normalized spacial score (nSPS) is 11.1. The van der Waals surface area contributed by atoms with Crippen LogP contribution in [0.5, 0.6) is 0 Å². The summed E-state index contributed by atoms with van der Waals surface area (Å²) in [7, 11) is 0. The number of aliphatic hydroxyl groups is 1. The maximum absolute atomic E-state index is 9.22. The summed E-state index contributed by atoms with van der Waals surface area (Å²) in [5.41, 5.74) is 13.1. The molecule has 0 spiro atoms. The molecule has 0 aliphatic heterocycles. The summed E-state index contributed by atoms with van der Waals surface area (Å²) in [6.07, 6.45) is 1.57. The first-order valence-electron chi connectivity index (χ1n) is 4.91.